The van der Waals surface area contributed by atoms with Gasteiger partial charge in [0.15, 0.2) is 5.65 Å². The van der Waals surface area contributed by atoms with Gasteiger partial charge in [0.2, 0.25) is 0 Å². The lowest BCUT2D eigenvalue weighted by molar-refractivity contribution is 1.01. The highest BCUT2D eigenvalue weighted by Crippen LogP contribution is 2.08. The molecule has 0 aliphatic carbocycles. The van der Waals surface area contributed by atoms with Crippen molar-refractivity contribution >= 4 is 17.0 Å². The molecule has 6 heteroatoms. The number of H-pyrrole nitrogens is 2. The molecular weight excluding hydrogens is 182 g/mol. The van der Waals surface area contributed by atoms with Crippen molar-refractivity contribution in [2.75, 3.05) is 18.4 Å². The highest BCUT2D eigenvalue weighted by atomic mass is 16.1. The SMILES string of the molecule is NCCNc1ccc2[nH]c(=O)[nH]c2n1. The van der Waals surface area contributed by atoms with E-state index in [1.807, 2.05) is 0 Å². The van der Waals surface area contributed by atoms with E-state index in [1.54, 1.807) is 12.1 Å². The van der Waals surface area contributed by atoms with Gasteiger partial charge in [-0.3, -0.25) is 4.98 Å². The predicted octanol–water partition coefficient (Wildman–Crippen LogP) is -0.378. The van der Waals surface area contributed by atoms with Gasteiger partial charge in [-0.2, -0.15) is 0 Å². The van der Waals surface area contributed by atoms with Crippen LogP contribution in [0.15, 0.2) is 16.9 Å². The maximum absolute atomic E-state index is 10.9. The standard InChI is InChI=1S/C8H11N5O/c9-3-4-10-6-2-1-5-7(12-6)13-8(14)11-5/h1-2H,3-4,9H2,(H3,10,11,12,13,14). The van der Waals surface area contributed by atoms with Crippen molar-refractivity contribution in [1.29, 1.82) is 0 Å². The molecule has 0 amide bonds. The van der Waals surface area contributed by atoms with Crippen molar-refractivity contribution in [2.45, 2.75) is 0 Å². The molecule has 14 heavy (non-hydrogen) atoms. The maximum Gasteiger partial charge on any atom is 0.325 e. The van der Waals surface area contributed by atoms with E-state index in [1.165, 1.54) is 0 Å². The molecule has 6 nitrogen and oxygen atoms in total. The molecule has 2 heterocycles. The fraction of sp³-hybridized carbons (Fsp3) is 0.250. The van der Waals surface area contributed by atoms with E-state index >= 15 is 0 Å². The van der Waals surface area contributed by atoms with Crippen LogP contribution in [0.3, 0.4) is 0 Å². The van der Waals surface area contributed by atoms with Gasteiger partial charge in [-0.15, -0.1) is 0 Å². The van der Waals surface area contributed by atoms with Gasteiger partial charge in [-0.05, 0) is 12.1 Å². The van der Waals surface area contributed by atoms with Crippen molar-refractivity contribution in [3.8, 4) is 0 Å². The topological polar surface area (TPSA) is 99.6 Å². The highest BCUT2D eigenvalue weighted by Gasteiger charge is 1.99. The van der Waals surface area contributed by atoms with Crippen molar-refractivity contribution in [3.63, 3.8) is 0 Å². The number of hydrogen-bond acceptors (Lipinski definition) is 4. The van der Waals surface area contributed by atoms with Crippen LogP contribution in [-0.4, -0.2) is 28.0 Å². The average molecular weight is 193 g/mol. The molecule has 0 aliphatic rings. The number of rotatable bonds is 3. The van der Waals surface area contributed by atoms with E-state index in [4.69, 9.17) is 5.73 Å². The van der Waals surface area contributed by atoms with Gasteiger partial charge in [-0.1, -0.05) is 0 Å². The number of nitrogens with two attached hydrogens (primary N) is 1. The van der Waals surface area contributed by atoms with Crippen LogP contribution in [0, 0.1) is 0 Å². The zero-order valence-corrected chi connectivity index (χ0v) is 7.50. The van der Waals surface area contributed by atoms with E-state index < -0.39 is 0 Å². The van der Waals surface area contributed by atoms with Crippen molar-refractivity contribution in [3.05, 3.63) is 22.6 Å². The summed E-state index contributed by atoms with van der Waals surface area (Å²) in [5.41, 5.74) is 6.35. The van der Waals surface area contributed by atoms with Crippen LogP contribution >= 0.6 is 0 Å². The molecule has 0 radical (unpaired) electrons. The monoisotopic (exact) mass is 193 g/mol. The molecule has 0 aliphatic heterocycles. The number of pyridine rings is 1. The maximum atomic E-state index is 10.9. The van der Waals surface area contributed by atoms with E-state index in [-0.39, 0.29) is 5.69 Å². The number of nitrogens with one attached hydrogen (secondary N) is 3. The Kier molecular flexibility index (Phi) is 2.19. The number of imidazole rings is 1. The summed E-state index contributed by atoms with van der Waals surface area (Å²) in [6.45, 7) is 1.20. The zero-order chi connectivity index (χ0) is 9.97. The summed E-state index contributed by atoms with van der Waals surface area (Å²) < 4.78 is 0. The molecule has 0 bridgehead atoms. The molecule has 74 valence electrons. The van der Waals surface area contributed by atoms with E-state index in [0.29, 0.717) is 30.1 Å². The first-order valence-electron chi connectivity index (χ1n) is 4.32. The Morgan fingerprint density at radius 3 is 3.07 bits per heavy atom. The van der Waals surface area contributed by atoms with Crippen molar-refractivity contribution < 1.29 is 0 Å². The molecular formula is C8H11N5O. The third kappa shape index (κ3) is 1.60. The van der Waals surface area contributed by atoms with Gasteiger partial charge < -0.3 is 16.0 Å². The third-order valence-corrected chi connectivity index (χ3v) is 1.83. The van der Waals surface area contributed by atoms with E-state index in [9.17, 15) is 4.79 Å². The lowest BCUT2D eigenvalue weighted by Gasteiger charge is -2.01. The molecule has 5 N–H and O–H groups in total. The van der Waals surface area contributed by atoms with Crippen LogP contribution in [0.4, 0.5) is 5.82 Å². The Morgan fingerprint density at radius 2 is 2.29 bits per heavy atom. The van der Waals surface area contributed by atoms with Gasteiger partial charge in [0.25, 0.3) is 0 Å². The fourth-order valence-electron chi connectivity index (χ4n) is 1.22. The minimum absolute atomic E-state index is 0.247. The Bertz CT molecular complexity index is 486. The Balaban J connectivity index is 2.35. The predicted molar refractivity (Wildman–Crippen MR) is 54.3 cm³/mol. The molecule has 0 aromatic carbocycles. The van der Waals surface area contributed by atoms with Crippen molar-refractivity contribution in [2.24, 2.45) is 5.73 Å². The number of aromatic nitrogens is 3. The molecule has 0 spiro atoms. The van der Waals surface area contributed by atoms with E-state index in [0.717, 1.165) is 0 Å². The Morgan fingerprint density at radius 1 is 1.43 bits per heavy atom. The smallest absolute Gasteiger partial charge is 0.325 e. The minimum Gasteiger partial charge on any atom is -0.369 e. The van der Waals surface area contributed by atoms with Gasteiger partial charge in [0, 0.05) is 13.1 Å². The molecule has 0 saturated carbocycles. The van der Waals surface area contributed by atoms with E-state index in [2.05, 4.69) is 20.3 Å². The molecule has 2 aromatic heterocycles. The number of anilines is 1. The first-order valence-corrected chi connectivity index (χ1v) is 4.32. The molecule has 0 fully saturated rings. The molecule has 2 rings (SSSR count). The quantitative estimate of drug-likeness (QED) is 0.534. The van der Waals surface area contributed by atoms with Gasteiger partial charge in [0.05, 0.1) is 5.52 Å². The number of aromatic amines is 2. The fourth-order valence-corrected chi connectivity index (χ4v) is 1.22. The first-order chi connectivity index (χ1) is 6.79. The largest absolute Gasteiger partial charge is 0.369 e. The second-order valence-corrected chi connectivity index (χ2v) is 2.89. The number of nitrogens with zero attached hydrogens (tertiary/aromatic N) is 1. The summed E-state index contributed by atoms with van der Waals surface area (Å²) in [7, 11) is 0. The van der Waals surface area contributed by atoms with Crippen LogP contribution in [-0.2, 0) is 0 Å². The zero-order valence-electron chi connectivity index (χ0n) is 7.50. The molecule has 2 aromatic rings. The van der Waals surface area contributed by atoms with Crippen LogP contribution in [0.2, 0.25) is 0 Å². The Hall–Kier alpha value is -1.82. The molecule has 0 unspecified atom stereocenters. The van der Waals surface area contributed by atoms with Crippen LogP contribution in [0.5, 0.6) is 0 Å². The minimum atomic E-state index is -0.247. The lowest BCUT2D eigenvalue weighted by atomic mass is 10.4. The summed E-state index contributed by atoms with van der Waals surface area (Å²) in [6.07, 6.45) is 0. The first kappa shape index (κ1) is 8.76. The van der Waals surface area contributed by atoms with Crippen LogP contribution < -0.4 is 16.7 Å². The second kappa shape index (κ2) is 3.51. The van der Waals surface area contributed by atoms with Crippen molar-refractivity contribution in [1.82, 2.24) is 15.0 Å². The summed E-state index contributed by atoms with van der Waals surface area (Å²) in [4.78, 5) is 20.3. The number of hydrogen-bond donors (Lipinski definition) is 4. The van der Waals surface area contributed by atoms with Crippen LogP contribution in [0.25, 0.3) is 11.2 Å². The Labute approximate surface area is 79.5 Å². The molecule has 0 saturated heterocycles. The van der Waals surface area contributed by atoms with Crippen LogP contribution in [0.1, 0.15) is 0 Å². The van der Waals surface area contributed by atoms with Gasteiger partial charge >= 0.3 is 5.69 Å². The van der Waals surface area contributed by atoms with Gasteiger partial charge in [-0.25, -0.2) is 9.78 Å². The third-order valence-electron chi connectivity index (χ3n) is 1.83. The summed E-state index contributed by atoms with van der Waals surface area (Å²) in [6, 6.07) is 3.58. The second-order valence-electron chi connectivity index (χ2n) is 2.89. The summed E-state index contributed by atoms with van der Waals surface area (Å²) >= 11 is 0. The highest BCUT2D eigenvalue weighted by molar-refractivity contribution is 5.71. The number of fused-ring (bicyclic) bond motifs is 1. The van der Waals surface area contributed by atoms with Gasteiger partial charge in [0.1, 0.15) is 5.82 Å². The summed E-state index contributed by atoms with van der Waals surface area (Å²) in [5.74, 6) is 0.707. The lowest BCUT2D eigenvalue weighted by Crippen LogP contribution is -2.13. The normalized spacial score (nSPS) is 10.6. The average Bonchev–Trinajstić information content (AvgIpc) is 2.54. The molecule has 0 atom stereocenters. The summed E-state index contributed by atoms with van der Waals surface area (Å²) in [5, 5.41) is 3.02.